The van der Waals surface area contributed by atoms with Crippen LogP contribution in [0.1, 0.15) is 11.1 Å². The first-order chi connectivity index (χ1) is 16.6. The lowest BCUT2D eigenvalue weighted by Gasteiger charge is -2.31. The number of thiocarbonyl (C=S) groups is 1. The largest absolute Gasteiger partial charge is 0.416 e. The predicted octanol–water partition coefficient (Wildman–Crippen LogP) is 2.85. The molecule has 0 bridgehead atoms. The standard InChI is InChI=1S/C22H18F3N5O4S/c23-22(24,25)14-2-1-3-15(12-14)29-20(32)17(19(31)27-21(29)35)11-13-10-16(30(33)34)4-5-18(13)28-8-6-26-7-9-28/h1-5,10-12,26H,6-9H2,(H,27,31,35)/b17-11-. The Morgan fingerprint density at radius 1 is 1.09 bits per heavy atom. The number of nitrogens with zero attached hydrogens (tertiary/aromatic N) is 3. The number of hydrogen-bond donors (Lipinski definition) is 2. The van der Waals surface area contributed by atoms with Crippen molar-refractivity contribution in [1.82, 2.24) is 10.6 Å². The smallest absolute Gasteiger partial charge is 0.368 e. The Morgan fingerprint density at radius 2 is 1.80 bits per heavy atom. The number of alkyl halides is 3. The third kappa shape index (κ3) is 5.00. The van der Waals surface area contributed by atoms with E-state index in [0.29, 0.717) is 31.9 Å². The monoisotopic (exact) mass is 505 g/mol. The minimum absolute atomic E-state index is 0.179. The fourth-order valence-electron chi connectivity index (χ4n) is 3.83. The minimum atomic E-state index is -4.65. The van der Waals surface area contributed by atoms with Crippen molar-refractivity contribution in [3.63, 3.8) is 0 Å². The summed E-state index contributed by atoms with van der Waals surface area (Å²) in [4.78, 5) is 39.5. The minimum Gasteiger partial charge on any atom is -0.368 e. The van der Waals surface area contributed by atoms with Crippen molar-refractivity contribution in [3.8, 4) is 0 Å². The predicted molar refractivity (Wildman–Crippen MR) is 126 cm³/mol. The van der Waals surface area contributed by atoms with E-state index >= 15 is 0 Å². The number of carbonyl (C=O) groups is 2. The maximum absolute atomic E-state index is 13.3. The van der Waals surface area contributed by atoms with Gasteiger partial charge in [-0.2, -0.15) is 13.2 Å². The first kappa shape index (κ1) is 24.3. The summed E-state index contributed by atoms with van der Waals surface area (Å²) in [6.07, 6.45) is -3.45. The number of piperazine rings is 1. The van der Waals surface area contributed by atoms with Gasteiger partial charge in [-0.25, -0.2) is 0 Å². The van der Waals surface area contributed by atoms with E-state index in [1.54, 1.807) is 0 Å². The van der Waals surface area contributed by atoms with Gasteiger partial charge in [-0.3, -0.25) is 29.9 Å². The number of anilines is 2. The molecular weight excluding hydrogens is 487 g/mol. The van der Waals surface area contributed by atoms with E-state index in [4.69, 9.17) is 12.2 Å². The van der Waals surface area contributed by atoms with Crippen LogP contribution in [0.3, 0.4) is 0 Å². The summed E-state index contributed by atoms with van der Waals surface area (Å²) in [5, 5.41) is 16.5. The summed E-state index contributed by atoms with van der Waals surface area (Å²) in [6.45, 7) is 2.52. The highest BCUT2D eigenvalue weighted by Gasteiger charge is 2.37. The molecule has 0 saturated carbocycles. The SMILES string of the molecule is O=C1NC(=S)N(c2cccc(C(F)(F)F)c2)C(=O)/C1=C\c1cc([N+](=O)[O-])ccc1N1CCNCC1. The molecule has 35 heavy (non-hydrogen) atoms. The van der Waals surface area contributed by atoms with Crippen LogP contribution in [0.15, 0.2) is 48.0 Å². The number of carbonyl (C=O) groups excluding carboxylic acids is 2. The van der Waals surface area contributed by atoms with Gasteiger partial charge < -0.3 is 10.2 Å². The molecule has 2 heterocycles. The van der Waals surface area contributed by atoms with Gasteiger partial charge in [0.25, 0.3) is 17.5 Å². The van der Waals surface area contributed by atoms with Gasteiger partial charge in [-0.05, 0) is 42.6 Å². The summed E-state index contributed by atoms with van der Waals surface area (Å²) in [7, 11) is 0. The molecule has 0 spiro atoms. The maximum Gasteiger partial charge on any atom is 0.416 e. The first-order valence-corrected chi connectivity index (χ1v) is 10.8. The molecule has 9 nitrogen and oxygen atoms in total. The average Bonchev–Trinajstić information content (AvgIpc) is 2.81. The molecule has 2 amide bonds. The van der Waals surface area contributed by atoms with E-state index in [2.05, 4.69) is 10.6 Å². The summed E-state index contributed by atoms with van der Waals surface area (Å²) in [5.41, 5.74) is -1.02. The van der Waals surface area contributed by atoms with Crippen LogP contribution in [0, 0.1) is 10.1 Å². The van der Waals surface area contributed by atoms with E-state index in [-0.39, 0.29) is 22.1 Å². The number of rotatable bonds is 4. The second kappa shape index (κ2) is 9.43. The highest BCUT2D eigenvalue weighted by molar-refractivity contribution is 7.80. The Bertz CT molecular complexity index is 1260. The Kier molecular flexibility index (Phi) is 6.54. The molecular formula is C22H18F3N5O4S. The summed E-state index contributed by atoms with van der Waals surface area (Å²) >= 11 is 5.06. The number of halogens is 3. The fraction of sp³-hybridized carbons (Fsp3) is 0.227. The van der Waals surface area contributed by atoms with E-state index < -0.39 is 34.1 Å². The molecule has 2 saturated heterocycles. The van der Waals surface area contributed by atoms with Crippen LogP contribution in [0.2, 0.25) is 0 Å². The topological polar surface area (TPSA) is 108 Å². The fourth-order valence-corrected chi connectivity index (χ4v) is 4.11. The van der Waals surface area contributed by atoms with Crippen LogP contribution in [0.5, 0.6) is 0 Å². The molecule has 182 valence electrons. The number of amides is 2. The third-order valence-corrected chi connectivity index (χ3v) is 5.80. The van der Waals surface area contributed by atoms with Crippen molar-refractivity contribution in [2.75, 3.05) is 36.0 Å². The van der Waals surface area contributed by atoms with Crippen LogP contribution in [-0.4, -0.2) is 48.0 Å². The van der Waals surface area contributed by atoms with Crippen molar-refractivity contribution in [3.05, 3.63) is 69.3 Å². The number of nitro benzene ring substituents is 1. The molecule has 13 heteroatoms. The number of non-ortho nitro benzene ring substituents is 1. The highest BCUT2D eigenvalue weighted by atomic mass is 32.1. The van der Waals surface area contributed by atoms with Gasteiger partial charge in [0, 0.05) is 49.6 Å². The molecule has 2 aliphatic heterocycles. The first-order valence-electron chi connectivity index (χ1n) is 10.4. The molecule has 2 aromatic rings. The van der Waals surface area contributed by atoms with Gasteiger partial charge in [0.1, 0.15) is 5.57 Å². The van der Waals surface area contributed by atoms with Crippen LogP contribution in [0.25, 0.3) is 6.08 Å². The summed E-state index contributed by atoms with van der Waals surface area (Å²) in [6, 6.07) is 8.08. The van der Waals surface area contributed by atoms with E-state index in [9.17, 15) is 32.9 Å². The van der Waals surface area contributed by atoms with E-state index in [1.807, 2.05) is 4.90 Å². The number of benzene rings is 2. The summed E-state index contributed by atoms with van der Waals surface area (Å²) < 4.78 is 39.6. The lowest BCUT2D eigenvalue weighted by atomic mass is 10.0. The number of hydrogen-bond acceptors (Lipinski definition) is 7. The van der Waals surface area contributed by atoms with Gasteiger partial charge in [0.2, 0.25) is 0 Å². The Balaban J connectivity index is 1.78. The van der Waals surface area contributed by atoms with Crippen molar-refractivity contribution in [2.24, 2.45) is 0 Å². The van der Waals surface area contributed by atoms with E-state index in [0.717, 1.165) is 23.1 Å². The Hall–Kier alpha value is -3.84. The van der Waals surface area contributed by atoms with E-state index in [1.165, 1.54) is 30.3 Å². The van der Waals surface area contributed by atoms with Gasteiger partial charge in [-0.15, -0.1) is 0 Å². The molecule has 0 unspecified atom stereocenters. The second-order valence-electron chi connectivity index (χ2n) is 7.74. The van der Waals surface area contributed by atoms with Gasteiger partial charge in [0.05, 0.1) is 16.2 Å². The molecule has 2 fully saturated rings. The van der Waals surface area contributed by atoms with Crippen LogP contribution in [-0.2, 0) is 15.8 Å². The molecule has 0 radical (unpaired) electrons. The Labute approximate surface area is 202 Å². The molecule has 0 aliphatic carbocycles. The second-order valence-corrected chi connectivity index (χ2v) is 8.13. The molecule has 2 N–H and O–H groups in total. The van der Waals surface area contributed by atoms with Crippen molar-refractivity contribution in [1.29, 1.82) is 0 Å². The molecule has 0 aromatic heterocycles. The number of nitro groups is 1. The van der Waals surface area contributed by atoms with Gasteiger partial charge in [0.15, 0.2) is 5.11 Å². The third-order valence-electron chi connectivity index (χ3n) is 5.51. The van der Waals surface area contributed by atoms with Gasteiger partial charge >= 0.3 is 6.18 Å². The normalized spacial score (nSPS) is 18.1. The summed E-state index contributed by atoms with van der Waals surface area (Å²) in [5.74, 6) is -1.81. The Morgan fingerprint density at radius 3 is 2.46 bits per heavy atom. The van der Waals surface area contributed by atoms with Crippen LogP contribution >= 0.6 is 12.2 Å². The zero-order valence-corrected chi connectivity index (χ0v) is 18.8. The van der Waals surface area contributed by atoms with Crippen molar-refractivity contribution < 1.29 is 27.7 Å². The molecule has 0 atom stereocenters. The lowest BCUT2D eigenvalue weighted by Crippen LogP contribution is -2.54. The van der Waals surface area contributed by atoms with Crippen molar-refractivity contribution in [2.45, 2.75) is 6.18 Å². The zero-order chi connectivity index (χ0) is 25.3. The average molecular weight is 505 g/mol. The molecule has 4 rings (SSSR count). The number of nitrogens with one attached hydrogen (secondary N) is 2. The highest BCUT2D eigenvalue weighted by Crippen LogP contribution is 2.33. The van der Waals surface area contributed by atoms with Gasteiger partial charge in [-0.1, -0.05) is 6.07 Å². The lowest BCUT2D eigenvalue weighted by molar-refractivity contribution is -0.384. The molecule has 2 aromatic carbocycles. The maximum atomic E-state index is 13.3. The van der Waals surface area contributed by atoms with Crippen LogP contribution in [0.4, 0.5) is 30.2 Å². The zero-order valence-electron chi connectivity index (χ0n) is 18.0. The molecule has 2 aliphatic rings. The van der Waals surface area contributed by atoms with Crippen LogP contribution < -0.4 is 20.4 Å². The quantitative estimate of drug-likeness (QED) is 0.216. The van der Waals surface area contributed by atoms with Crippen molar-refractivity contribution >= 4 is 52.3 Å².